The third kappa shape index (κ3) is 2.82. The molecule has 0 radical (unpaired) electrons. The molecular formula is C13H20N4O3S. The van der Waals surface area contributed by atoms with Gasteiger partial charge in [-0.05, 0) is 19.3 Å². The molecule has 1 N–H and O–H groups in total. The maximum Gasteiger partial charge on any atom is 0.274 e. The number of hydrogen-bond donors (Lipinski definition) is 1. The van der Waals surface area contributed by atoms with Gasteiger partial charge < -0.3 is 4.90 Å². The molecule has 2 aliphatic rings. The zero-order valence-electron chi connectivity index (χ0n) is 12.1. The highest BCUT2D eigenvalue weighted by molar-refractivity contribution is 7.88. The molecular weight excluding hydrogens is 292 g/mol. The second-order valence-corrected chi connectivity index (χ2v) is 7.71. The van der Waals surface area contributed by atoms with Gasteiger partial charge in [-0.15, -0.1) is 0 Å². The van der Waals surface area contributed by atoms with Crippen molar-refractivity contribution in [3.63, 3.8) is 0 Å². The van der Waals surface area contributed by atoms with Crippen LogP contribution in [0.4, 0.5) is 0 Å². The third-order valence-electron chi connectivity index (χ3n) is 4.21. The van der Waals surface area contributed by atoms with Gasteiger partial charge in [-0.1, -0.05) is 0 Å². The smallest absolute Gasteiger partial charge is 0.274 e. The number of nitrogens with one attached hydrogen (secondary N) is 1. The number of carbonyl (C=O) groups is 1. The summed E-state index contributed by atoms with van der Waals surface area (Å²) in [6.45, 7) is 2.19. The predicted molar refractivity (Wildman–Crippen MR) is 77.3 cm³/mol. The molecule has 2 aliphatic heterocycles. The number of aromatic amines is 1. The zero-order chi connectivity index (χ0) is 15.0. The average Bonchev–Trinajstić information content (AvgIpc) is 2.89. The Morgan fingerprint density at radius 2 is 1.90 bits per heavy atom. The van der Waals surface area contributed by atoms with E-state index in [0.717, 1.165) is 43.6 Å². The van der Waals surface area contributed by atoms with Crippen LogP contribution in [0.2, 0.25) is 0 Å². The number of likely N-dealkylation sites (tertiary alicyclic amines) is 1. The average molecular weight is 312 g/mol. The quantitative estimate of drug-likeness (QED) is 0.854. The number of fused-ring (bicyclic) bond motifs is 1. The van der Waals surface area contributed by atoms with Gasteiger partial charge in [-0.3, -0.25) is 9.89 Å². The van der Waals surface area contributed by atoms with E-state index < -0.39 is 10.0 Å². The number of aromatic nitrogens is 2. The van der Waals surface area contributed by atoms with Crippen LogP contribution in [0.5, 0.6) is 0 Å². The maximum atomic E-state index is 12.6. The summed E-state index contributed by atoms with van der Waals surface area (Å²) in [6, 6.07) is 0. The Morgan fingerprint density at radius 3 is 2.57 bits per heavy atom. The lowest BCUT2D eigenvalue weighted by Gasteiger charge is -2.28. The maximum absolute atomic E-state index is 12.6. The Labute approximate surface area is 124 Å². The van der Waals surface area contributed by atoms with Crippen LogP contribution in [-0.4, -0.2) is 59.6 Å². The minimum Gasteiger partial charge on any atom is -0.337 e. The molecule has 1 saturated heterocycles. The number of sulfonamides is 1. The summed E-state index contributed by atoms with van der Waals surface area (Å²) in [4.78, 5) is 14.4. The van der Waals surface area contributed by atoms with Crippen molar-refractivity contribution < 1.29 is 13.2 Å². The summed E-state index contributed by atoms with van der Waals surface area (Å²) in [7, 11) is -3.25. The summed E-state index contributed by atoms with van der Waals surface area (Å²) >= 11 is 0. The van der Waals surface area contributed by atoms with Crippen molar-refractivity contribution in [3.05, 3.63) is 17.0 Å². The van der Waals surface area contributed by atoms with Crippen LogP contribution < -0.4 is 0 Å². The van der Waals surface area contributed by atoms with Crippen LogP contribution in [0.25, 0.3) is 0 Å². The van der Waals surface area contributed by atoms with E-state index in [2.05, 4.69) is 10.2 Å². The van der Waals surface area contributed by atoms with Gasteiger partial charge in [0, 0.05) is 43.9 Å². The van der Waals surface area contributed by atoms with E-state index in [-0.39, 0.29) is 12.5 Å². The summed E-state index contributed by atoms with van der Waals surface area (Å²) in [6.07, 6.45) is 4.97. The molecule has 8 heteroatoms. The molecule has 7 nitrogen and oxygen atoms in total. The van der Waals surface area contributed by atoms with Crippen LogP contribution in [0.1, 0.15) is 41.0 Å². The first-order valence-electron chi connectivity index (χ1n) is 7.27. The van der Waals surface area contributed by atoms with Crippen LogP contribution >= 0.6 is 0 Å². The monoisotopic (exact) mass is 312 g/mol. The molecule has 116 valence electrons. The Bertz CT molecular complexity index is 646. The molecule has 1 aromatic rings. The Hall–Kier alpha value is -1.41. The van der Waals surface area contributed by atoms with Crippen LogP contribution in [0, 0.1) is 0 Å². The van der Waals surface area contributed by atoms with Crippen LogP contribution in [0.15, 0.2) is 0 Å². The first-order chi connectivity index (χ1) is 9.97. The normalized spacial score (nSPS) is 20.3. The minimum atomic E-state index is -3.25. The Kier molecular flexibility index (Phi) is 3.75. The lowest BCUT2D eigenvalue weighted by molar-refractivity contribution is 0.0716. The number of rotatable bonds is 2. The first kappa shape index (κ1) is 14.5. The highest BCUT2D eigenvalue weighted by Crippen LogP contribution is 2.24. The number of piperidine rings is 1. The van der Waals surface area contributed by atoms with Gasteiger partial charge >= 0.3 is 0 Å². The van der Waals surface area contributed by atoms with Crippen LogP contribution in [0.3, 0.4) is 0 Å². The van der Waals surface area contributed by atoms with Crippen molar-refractivity contribution in [3.8, 4) is 0 Å². The van der Waals surface area contributed by atoms with Gasteiger partial charge in [0.2, 0.25) is 10.0 Å². The third-order valence-corrected chi connectivity index (χ3v) is 5.46. The van der Waals surface area contributed by atoms with Crippen molar-refractivity contribution in [2.24, 2.45) is 0 Å². The second kappa shape index (κ2) is 5.42. The predicted octanol–water partition coefficient (Wildman–Crippen LogP) is 0.353. The highest BCUT2D eigenvalue weighted by Gasteiger charge is 2.31. The Morgan fingerprint density at radius 1 is 1.19 bits per heavy atom. The molecule has 0 unspecified atom stereocenters. The molecule has 1 fully saturated rings. The standard InChI is InChI=1S/C13H20N4O3S/c1-21(19,20)17-8-5-11-10(9-17)12(15-14-11)13(18)16-6-3-2-4-7-16/h2-9H2,1H3,(H,14,15). The number of amides is 1. The highest BCUT2D eigenvalue weighted by atomic mass is 32.2. The lowest BCUT2D eigenvalue weighted by atomic mass is 10.1. The van der Waals surface area contributed by atoms with E-state index in [4.69, 9.17) is 0 Å². The molecule has 21 heavy (non-hydrogen) atoms. The minimum absolute atomic E-state index is 0.0810. The number of carbonyl (C=O) groups excluding carboxylic acids is 1. The molecule has 0 aliphatic carbocycles. The van der Waals surface area contributed by atoms with Crippen molar-refractivity contribution in [1.29, 1.82) is 0 Å². The molecule has 1 aromatic heterocycles. The fraction of sp³-hybridized carbons (Fsp3) is 0.692. The number of hydrogen-bond acceptors (Lipinski definition) is 4. The van der Waals surface area contributed by atoms with Crippen molar-refractivity contribution in [2.45, 2.75) is 32.2 Å². The van der Waals surface area contributed by atoms with Crippen molar-refractivity contribution >= 4 is 15.9 Å². The molecule has 0 bridgehead atoms. The summed E-state index contributed by atoms with van der Waals surface area (Å²) in [5.41, 5.74) is 2.01. The van der Waals surface area contributed by atoms with E-state index in [1.54, 1.807) is 0 Å². The SMILES string of the molecule is CS(=O)(=O)N1CCc2[nH]nc(C(=O)N3CCCCC3)c2C1. The van der Waals surface area contributed by atoms with E-state index in [9.17, 15) is 13.2 Å². The van der Waals surface area contributed by atoms with Gasteiger partial charge in [0.25, 0.3) is 5.91 Å². The molecule has 0 saturated carbocycles. The number of nitrogens with zero attached hydrogens (tertiary/aromatic N) is 3. The van der Waals surface area contributed by atoms with E-state index >= 15 is 0 Å². The van der Waals surface area contributed by atoms with Gasteiger partial charge in [-0.25, -0.2) is 8.42 Å². The summed E-state index contributed by atoms with van der Waals surface area (Å²) < 4.78 is 24.8. The van der Waals surface area contributed by atoms with Crippen molar-refractivity contribution in [2.75, 3.05) is 25.9 Å². The molecule has 0 spiro atoms. The summed E-state index contributed by atoms with van der Waals surface area (Å²) in [5, 5.41) is 7.05. The fourth-order valence-corrected chi connectivity index (χ4v) is 3.76. The molecule has 3 heterocycles. The molecule has 1 amide bonds. The zero-order valence-corrected chi connectivity index (χ0v) is 12.9. The van der Waals surface area contributed by atoms with Gasteiger partial charge in [0.15, 0.2) is 5.69 Å². The Balaban J connectivity index is 1.85. The second-order valence-electron chi connectivity index (χ2n) is 5.73. The van der Waals surface area contributed by atoms with Crippen LogP contribution in [-0.2, 0) is 23.0 Å². The van der Waals surface area contributed by atoms with E-state index in [1.165, 1.54) is 10.6 Å². The van der Waals surface area contributed by atoms with Gasteiger partial charge in [-0.2, -0.15) is 9.40 Å². The summed E-state index contributed by atoms with van der Waals surface area (Å²) in [5.74, 6) is -0.0810. The molecule has 0 atom stereocenters. The van der Waals surface area contributed by atoms with Gasteiger partial charge in [0.05, 0.1) is 6.26 Å². The van der Waals surface area contributed by atoms with Gasteiger partial charge in [0.1, 0.15) is 0 Å². The van der Waals surface area contributed by atoms with E-state index in [1.807, 2.05) is 4.90 Å². The fourth-order valence-electron chi connectivity index (χ4n) is 2.98. The van der Waals surface area contributed by atoms with Crippen molar-refractivity contribution in [1.82, 2.24) is 19.4 Å². The largest absolute Gasteiger partial charge is 0.337 e. The van der Waals surface area contributed by atoms with E-state index in [0.29, 0.717) is 18.7 Å². The first-order valence-corrected chi connectivity index (χ1v) is 9.12. The molecule has 3 rings (SSSR count). The molecule has 0 aromatic carbocycles. The number of H-pyrrole nitrogens is 1. The lowest BCUT2D eigenvalue weighted by Crippen LogP contribution is -2.38. The topological polar surface area (TPSA) is 86.4 Å².